The van der Waals surface area contributed by atoms with Crippen molar-refractivity contribution in [3.8, 4) is 41.0 Å². The van der Waals surface area contributed by atoms with Crippen LogP contribution in [0.4, 0.5) is 17.6 Å². The fourth-order valence-corrected chi connectivity index (χ4v) is 15.2. The van der Waals surface area contributed by atoms with Crippen molar-refractivity contribution in [1.29, 1.82) is 0 Å². The number of halogens is 8. The Morgan fingerprint density at radius 3 is 1.15 bits per heavy atom. The first-order valence-corrected chi connectivity index (χ1v) is 44.1. The van der Waals surface area contributed by atoms with E-state index in [1.807, 2.05) is 20.8 Å². The lowest BCUT2D eigenvalue weighted by Gasteiger charge is -2.24. The van der Waals surface area contributed by atoms with Gasteiger partial charge in [-0.1, -0.05) is 47.5 Å². The molecule has 4 atom stereocenters. The smallest absolute Gasteiger partial charge is 0.326 e. The van der Waals surface area contributed by atoms with Crippen molar-refractivity contribution in [2.45, 2.75) is 170 Å². The highest BCUT2D eigenvalue weighted by molar-refractivity contribution is 9.10. The first kappa shape index (κ1) is 105. The van der Waals surface area contributed by atoms with Gasteiger partial charge in [0, 0.05) is 175 Å². The van der Waals surface area contributed by atoms with Gasteiger partial charge in [0.05, 0.1) is 50.7 Å². The minimum atomic E-state index is -1.36. The second-order valence-electron chi connectivity index (χ2n) is 33.2. The number of aromatic nitrogens is 12. The zero-order chi connectivity index (χ0) is 98.4. The summed E-state index contributed by atoms with van der Waals surface area (Å²) in [6.45, 7) is 16.2. The van der Waals surface area contributed by atoms with E-state index in [1.165, 1.54) is 79.9 Å². The van der Waals surface area contributed by atoms with Crippen LogP contribution in [0, 0.1) is 11.6 Å². The van der Waals surface area contributed by atoms with Crippen LogP contribution in [0.3, 0.4) is 0 Å². The molecular weight excluding hydrogens is 1910 g/mol. The maximum atomic E-state index is 14.5. The van der Waals surface area contributed by atoms with Crippen LogP contribution in [-0.2, 0) is 77.3 Å². The van der Waals surface area contributed by atoms with E-state index < -0.39 is 65.1 Å². The number of hydrogen-bond donors (Lipinski definition) is 3. The molecule has 10 heterocycles. The van der Waals surface area contributed by atoms with Crippen molar-refractivity contribution in [2.75, 3.05) is 13.1 Å². The van der Waals surface area contributed by atoms with Crippen LogP contribution >= 0.6 is 51.5 Å². The quantitative estimate of drug-likeness (QED) is 0.0196. The first-order valence-electron chi connectivity index (χ1n) is 42.5. The summed E-state index contributed by atoms with van der Waals surface area (Å²) in [5.74, 6) is -2.78. The monoisotopic (exact) mass is 2000 g/mol. The Kier molecular flexibility index (Phi) is 36.7. The molecule has 2 aliphatic rings. The zero-order valence-electron chi connectivity index (χ0n) is 75.8. The molecule has 2 aliphatic heterocycles. The van der Waals surface area contributed by atoms with Gasteiger partial charge in [0.2, 0.25) is 5.91 Å². The molecule has 0 unspecified atom stereocenters. The highest BCUT2D eigenvalue weighted by Crippen LogP contribution is 2.35. The summed E-state index contributed by atoms with van der Waals surface area (Å²) in [6, 6.07) is 35.3. The third-order valence-electron chi connectivity index (χ3n) is 20.5. The Morgan fingerprint density at radius 1 is 0.460 bits per heavy atom. The Balaban J connectivity index is 0.000000178. The number of carbonyl (C=O) groups excluding carboxylic acids is 9. The molecule has 0 spiro atoms. The van der Waals surface area contributed by atoms with E-state index in [1.54, 1.807) is 200 Å². The average molecular weight is 2000 g/mol. The third-order valence-corrected chi connectivity index (χ3v) is 21.5. The van der Waals surface area contributed by atoms with Crippen molar-refractivity contribution < 1.29 is 99.4 Å². The number of ether oxygens (including phenoxy) is 5. The number of esters is 2. The Labute approximate surface area is 807 Å². The summed E-state index contributed by atoms with van der Waals surface area (Å²) < 4.78 is 89.9. The highest BCUT2D eigenvalue weighted by Gasteiger charge is 2.40. The molecule has 1 amide bonds. The van der Waals surface area contributed by atoms with E-state index in [0.717, 1.165) is 5.39 Å². The van der Waals surface area contributed by atoms with Crippen LogP contribution in [0.25, 0.3) is 43.6 Å². The van der Waals surface area contributed by atoms with Gasteiger partial charge in [0.1, 0.15) is 90.1 Å². The molecule has 6 aromatic carbocycles. The molecule has 31 nitrogen and oxygen atoms in total. The molecule has 137 heavy (non-hydrogen) atoms. The van der Waals surface area contributed by atoms with E-state index in [4.69, 9.17) is 52.0 Å². The Bertz CT molecular complexity index is 6710. The Hall–Kier alpha value is -14.1. The number of fused-ring (bicyclic) bond motifs is 4. The standard InChI is InChI=1S/C29H25ClF2N4O4.C20H21N3O4.C16H13N3O4.C16H19NO4.C13H14ClF2NO.C4H3BrN2.ClH/c1-17(37)22-15-35(24-13-20(7-8-21(22)24)40-29-33-10-3-11-34-29)16-27(39)36-14-19(31)12-25(36)26(38)9-6-18-4-2-5-23(30)28(18)32;1-13(24)16-11-23(12-18(25)27-20(2,3)4)17-10-14(6-7-15(16)17)26-19-21-8-5-9-22-19;1-10(20)13-8-19(9-15(21)22)14-7-11(3-4-12(13)14)23-16-17-5-2-6-18-16;1-10(18)13-8-17(9-15(20)21-16(2,3)4)14-7-11(19)5-6-12(13)14;14-10-3-1-2-8(13(10)16)4-5-12(18)11-6-9(15)7-17-11;5-4-6-2-1-3-7-4;/h2-5,7-8,10-11,13,15,19,25H,6,9,12,14,16H2,1H3;5-11H,12H2,1-4H3;2-8H,9H2,1H3,(H,21,22);5-8,19H,9H2,1-4H3;1-3,9,11,17H,4-7H2;1-3H;1H/t19-,25+;;;;9-,11+;;/m1...1../s1. The normalized spacial score (nSPS) is 14.2. The molecule has 0 saturated carbocycles. The number of likely N-dealkylation sites (tertiary alicyclic amines) is 1. The van der Waals surface area contributed by atoms with Gasteiger partial charge in [-0.05, 0) is 194 Å². The van der Waals surface area contributed by atoms with Crippen molar-refractivity contribution in [2.24, 2.45) is 0 Å². The fourth-order valence-electron chi connectivity index (χ4n) is 14.6. The van der Waals surface area contributed by atoms with Gasteiger partial charge < -0.3 is 62.4 Å². The van der Waals surface area contributed by atoms with E-state index in [9.17, 15) is 70.6 Å². The van der Waals surface area contributed by atoms with Gasteiger partial charge in [0.15, 0.2) is 33.6 Å². The van der Waals surface area contributed by atoms with Gasteiger partial charge in [-0.15, -0.1) is 12.4 Å². The summed E-state index contributed by atoms with van der Waals surface area (Å²) >= 11 is 14.6. The molecule has 16 rings (SSSR count). The first-order chi connectivity index (χ1) is 64.6. The summed E-state index contributed by atoms with van der Waals surface area (Å²) in [4.78, 5) is 154. The van der Waals surface area contributed by atoms with E-state index in [0.29, 0.717) is 94.4 Å². The molecule has 2 saturated heterocycles. The number of ketones is 6. The number of carboxylic acids is 1. The van der Waals surface area contributed by atoms with Gasteiger partial charge in [-0.2, -0.15) is 0 Å². The number of Topliss-reactive ketones (excluding diaryl/α,β-unsaturated/α-hetero) is 6. The lowest BCUT2D eigenvalue weighted by Crippen LogP contribution is -2.42. The molecule has 0 radical (unpaired) electrons. The SMILES string of the molecule is Brc1ncccn1.CC(=O)c1cn(CC(=O)N2C[C@H](F)C[C@H]2C(=O)CCc2cccc(Cl)c2F)c2cc(Oc3ncccn3)ccc12.CC(=O)c1cn(CC(=O)O)c2cc(Oc3ncccn3)ccc12.CC(=O)c1cn(CC(=O)OC(C)(C)C)c2cc(O)ccc12.CC(=O)c1cn(CC(=O)OC(C)(C)C)c2cc(Oc3ncccn3)ccc12.Cl.O=C(CCc1cccc(Cl)c1F)[C@@H]1C[C@@H](F)CN1. The van der Waals surface area contributed by atoms with Crippen LogP contribution < -0.4 is 19.5 Å². The number of phenolic OH excluding ortho intramolecular Hbond substituents is 1. The number of aryl methyl sites for hydroxylation is 2. The van der Waals surface area contributed by atoms with Crippen LogP contribution in [0.5, 0.6) is 41.0 Å². The second kappa shape index (κ2) is 47.9. The largest absolute Gasteiger partial charge is 0.508 e. The second-order valence-corrected chi connectivity index (χ2v) is 34.7. The van der Waals surface area contributed by atoms with Crippen molar-refractivity contribution >= 4 is 154 Å². The molecule has 2 fully saturated rings. The molecule has 716 valence electrons. The fraction of sp³-hybridized carbons (Fsp3) is 0.286. The number of aliphatic carboxylic acids is 1. The molecule has 8 aromatic heterocycles. The number of nitrogens with one attached hydrogen (secondary N) is 1. The number of rotatable bonds is 26. The highest BCUT2D eigenvalue weighted by atomic mass is 79.9. The Morgan fingerprint density at radius 2 is 0.810 bits per heavy atom. The molecule has 3 N–H and O–H groups in total. The van der Waals surface area contributed by atoms with E-state index in [2.05, 4.69) is 61.1 Å². The van der Waals surface area contributed by atoms with Crippen LogP contribution in [-0.4, -0.2) is 180 Å². The lowest BCUT2D eigenvalue weighted by atomic mass is 10.0. The number of nitrogens with zero attached hydrogens (tertiary/aromatic N) is 13. The maximum Gasteiger partial charge on any atom is 0.326 e. The number of hydrogen-bond acceptors (Lipinski definition) is 25. The van der Waals surface area contributed by atoms with Gasteiger partial charge in [-0.3, -0.25) is 47.9 Å². The van der Waals surface area contributed by atoms with Gasteiger partial charge in [0.25, 0.3) is 0 Å². The molecule has 0 bridgehead atoms. The van der Waals surface area contributed by atoms with Gasteiger partial charge in [-0.25, -0.2) is 57.4 Å². The summed E-state index contributed by atoms with van der Waals surface area (Å²) in [5.41, 5.74) is 3.97. The minimum Gasteiger partial charge on any atom is -0.508 e. The predicted molar refractivity (Wildman–Crippen MR) is 508 cm³/mol. The van der Waals surface area contributed by atoms with Crippen molar-refractivity contribution in [3.05, 3.63) is 268 Å². The summed E-state index contributed by atoms with van der Waals surface area (Å²) in [7, 11) is 0. The van der Waals surface area contributed by atoms with Crippen LogP contribution in [0.2, 0.25) is 10.0 Å². The van der Waals surface area contributed by atoms with Crippen LogP contribution in [0.15, 0.2) is 213 Å². The maximum absolute atomic E-state index is 14.5. The number of amides is 1. The third kappa shape index (κ3) is 29.7. The number of carbonyl (C=O) groups is 10. The number of aromatic hydroxyl groups is 1. The van der Waals surface area contributed by atoms with Crippen molar-refractivity contribution in [1.82, 2.24) is 68.4 Å². The molecule has 14 aromatic rings. The summed E-state index contributed by atoms with van der Waals surface area (Å²) in [5, 5.41) is 24.2. The number of alkyl halides is 2. The van der Waals surface area contributed by atoms with Gasteiger partial charge >= 0.3 is 35.9 Å². The topological polar surface area (TPSA) is 395 Å². The molecule has 0 aliphatic carbocycles. The number of carboxylic acid groups (broad SMARTS) is 1. The number of benzene rings is 6. The molecule has 39 heteroatoms. The summed E-state index contributed by atoms with van der Waals surface area (Å²) in [6.07, 6.45) is 17.4. The molecular formula is C98H96BrCl3F4N14O17. The van der Waals surface area contributed by atoms with E-state index >= 15 is 0 Å². The number of phenols is 1. The lowest BCUT2D eigenvalue weighted by molar-refractivity contribution is -0.156. The van der Waals surface area contributed by atoms with E-state index in [-0.39, 0.29) is 164 Å². The predicted octanol–water partition coefficient (Wildman–Crippen LogP) is 18.9. The van der Waals surface area contributed by atoms with Crippen LogP contribution in [0.1, 0.15) is 147 Å². The average Bonchev–Trinajstić information content (AvgIpc) is 1.64. The minimum absolute atomic E-state index is 0. The zero-order valence-corrected chi connectivity index (χ0v) is 79.7. The van der Waals surface area contributed by atoms with Crippen molar-refractivity contribution in [3.63, 3.8) is 0 Å².